The Balaban J connectivity index is 1.21. The molecule has 2 aromatic carbocycles. The molecule has 0 unspecified atom stereocenters. The van der Waals surface area contributed by atoms with Crippen molar-refractivity contribution in [3.63, 3.8) is 0 Å². The summed E-state index contributed by atoms with van der Waals surface area (Å²) in [6.45, 7) is 0. The molecular formula is C30H40N2O2. The van der Waals surface area contributed by atoms with E-state index in [0.29, 0.717) is 24.7 Å². The third-order valence-corrected chi connectivity index (χ3v) is 7.62. The summed E-state index contributed by atoms with van der Waals surface area (Å²) >= 11 is 0. The molecule has 2 saturated carbocycles. The summed E-state index contributed by atoms with van der Waals surface area (Å²) in [6, 6.07) is 16.5. The fraction of sp³-hybridized carbons (Fsp3) is 0.533. The number of nitrogens with one attached hydrogen (secondary N) is 2. The molecule has 0 aromatic heterocycles. The summed E-state index contributed by atoms with van der Waals surface area (Å²) in [4.78, 5) is 25.2. The first-order valence-electron chi connectivity index (χ1n) is 13.5. The number of amides is 2. The Bertz CT molecular complexity index is 865. The maximum atomic E-state index is 12.6. The molecule has 0 spiro atoms. The molecular weight excluding hydrogens is 420 g/mol. The zero-order valence-electron chi connectivity index (χ0n) is 20.5. The minimum atomic E-state index is 0.0475. The van der Waals surface area contributed by atoms with Crippen LogP contribution in [0.15, 0.2) is 48.5 Å². The van der Waals surface area contributed by atoms with E-state index in [9.17, 15) is 9.59 Å². The molecule has 0 atom stereocenters. The first-order chi connectivity index (χ1) is 16.7. The fourth-order valence-electron chi connectivity index (χ4n) is 5.76. The van der Waals surface area contributed by atoms with Gasteiger partial charge < -0.3 is 10.6 Å². The fourth-order valence-corrected chi connectivity index (χ4v) is 5.76. The molecule has 4 rings (SSSR count). The van der Waals surface area contributed by atoms with Gasteiger partial charge >= 0.3 is 0 Å². The van der Waals surface area contributed by atoms with E-state index >= 15 is 0 Å². The van der Waals surface area contributed by atoms with Crippen molar-refractivity contribution in [1.82, 2.24) is 0 Å². The highest BCUT2D eigenvalue weighted by molar-refractivity contribution is 5.92. The second kappa shape index (κ2) is 12.7. The van der Waals surface area contributed by atoms with Crippen LogP contribution >= 0.6 is 0 Å². The third kappa shape index (κ3) is 6.94. The number of rotatable bonds is 9. The highest BCUT2D eigenvalue weighted by Crippen LogP contribution is 2.37. The number of benzene rings is 2. The average molecular weight is 461 g/mol. The van der Waals surface area contributed by atoms with Crippen molar-refractivity contribution >= 4 is 23.2 Å². The molecule has 2 aromatic rings. The maximum Gasteiger partial charge on any atom is 0.224 e. The van der Waals surface area contributed by atoms with Crippen molar-refractivity contribution in [1.29, 1.82) is 0 Å². The lowest BCUT2D eigenvalue weighted by molar-refractivity contribution is -0.118. The first kappa shape index (κ1) is 24.5. The molecule has 0 bridgehead atoms. The van der Waals surface area contributed by atoms with E-state index < -0.39 is 0 Å². The number of unbranched alkanes of at least 4 members (excludes halogenated alkanes) is 1. The van der Waals surface area contributed by atoms with Crippen LogP contribution in [0.1, 0.15) is 113 Å². The molecule has 182 valence electrons. The Morgan fingerprint density at radius 2 is 0.971 bits per heavy atom. The monoisotopic (exact) mass is 460 g/mol. The van der Waals surface area contributed by atoms with E-state index in [1.165, 1.54) is 75.3 Å². The first-order valence-corrected chi connectivity index (χ1v) is 13.5. The number of hydrogen-bond acceptors (Lipinski definition) is 2. The number of hydrogen-bond donors (Lipinski definition) is 2. The van der Waals surface area contributed by atoms with Crippen LogP contribution in [-0.2, 0) is 9.59 Å². The molecule has 2 fully saturated rings. The van der Waals surface area contributed by atoms with Crippen LogP contribution in [-0.4, -0.2) is 11.8 Å². The molecule has 34 heavy (non-hydrogen) atoms. The molecule has 2 aliphatic rings. The minimum Gasteiger partial charge on any atom is -0.326 e. The molecule has 0 heterocycles. The van der Waals surface area contributed by atoms with Gasteiger partial charge in [-0.25, -0.2) is 0 Å². The van der Waals surface area contributed by atoms with Crippen molar-refractivity contribution in [3.05, 3.63) is 59.7 Å². The predicted molar refractivity (Wildman–Crippen MR) is 140 cm³/mol. The number of anilines is 2. The Morgan fingerprint density at radius 3 is 1.38 bits per heavy atom. The van der Waals surface area contributed by atoms with Crippen LogP contribution in [0.4, 0.5) is 11.4 Å². The van der Waals surface area contributed by atoms with E-state index in [1.54, 1.807) is 0 Å². The SMILES string of the molecule is O=C(CCCCC(=O)Nc1ccccc1C1CCCCC1)Nc1ccccc1C1CCCCC1. The van der Waals surface area contributed by atoms with Gasteiger partial charge in [0.25, 0.3) is 0 Å². The predicted octanol–water partition coefficient (Wildman–Crippen LogP) is 7.92. The summed E-state index contributed by atoms with van der Waals surface area (Å²) in [7, 11) is 0. The minimum absolute atomic E-state index is 0.0475. The largest absolute Gasteiger partial charge is 0.326 e. The molecule has 0 radical (unpaired) electrons. The van der Waals surface area contributed by atoms with Crippen molar-refractivity contribution < 1.29 is 9.59 Å². The van der Waals surface area contributed by atoms with Crippen molar-refractivity contribution in [2.45, 2.75) is 102 Å². The molecule has 2 amide bonds. The summed E-state index contributed by atoms with van der Waals surface area (Å²) in [6.07, 6.45) is 15.0. The van der Waals surface area contributed by atoms with Crippen LogP contribution in [0.5, 0.6) is 0 Å². The number of para-hydroxylation sites is 2. The topological polar surface area (TPSA) is 58.2 Å². The summed E-state index contributed by atoms with van der Waals surface area (Å²) in [5.41, 5.74) is 4.51. The van der Waals surface area contributed by atoms with Crippen molar-refractivity contribution in [2.75, 3.05) is 10.6 Å². The van der Waals surface area contributed by atoms with Crippen LogP contribution in [0.2, 0.25) is 0 Å². The quantitative estimate of drug-likeness (QED) is 0.373. The summed E-state index contributed by atoms with van der Waals surface area (Å²) < 4.78 is 0. The average Bonchev–Trinajstić information content (AvgIpc) is 2.88. The second-order valence-corrected chi connectivity index (χ2v) is 10.1. The van der Waals surface area contributed by atoms with Gasteiger partial charge in [-0.05, 0) is 73.6 Å². The van der Waals surface area contributed by atoms with Gasteiger partial charge in [0.05, 0.1) is 0 Å². The highest BCUT2D eigenvalue weighted by atomic mass is 16.2. The third-order valence-electron chi connectivity index (χ3n) is 7.62. The standard InChI is InChI=1S/C30H40N2O2/c33-29(31-27-19-9-7-17-25(27)23-13-3-1-4-14-23)21-11-12-22-30(34)32-28-20-10-8-18-26(28)24-15-5-2-6-16-24/h7-10,17-20,23-24H,1-6,11-16,21-22H2,(H,31,33)(H,32,34). The molecule has 0 aliphatic heterocycles. The van der Waals surface area contributed by atoms with Crippen LogP contribution < -0.4 is 10.6 Å². The maximum absolute atomic E-state index is 12.6. The van der Waals surface area contributed by atoms with Crippen LogP contribution in [0, 0.1) is 0 Å². The molecule has 2 N–H and O–H groups in total. The lowest BCUT2D eigenvalue weighted by Crippen LogP contribution is -2.16. The summed E-state index contributed by atoms with van der Waals surface area (Å²) in [5, 5.41) is 6.28. The summed E-state index contributed by atoms with van der Waals surface area (Å²) in [5.74, 6) is 1.22. The Kier molecular flexibility index (Phi) is 9.18. The Morgan fingerprint density at radius 1 is 0.588 bits per heavy atom. The van der Waals surface area contributed by atoms with Crippen LogP contribution in [0.3, 0.4) is 0 Å². The number of carbonyl (C=O) groups is 2. The zero-order chi connectivity index (χ0) is 23.6. The van der Waals surface area contributed by atoms with E-state index in [4.69, 9.17) is 0 Å². The van der Waals surface area contributed by atoms with Gasteiger partial charge in [-0.3, -0.25) is 9.59 Å². The molecule has 4 heteroatoms. The Labute approximate surface area is 204 Å². The zero-order valence-corrected chi connectivity index (χ0v) is 20.5. The smallest absolute Gasteiger partial charge is 0.224 e. The van der Waals surface area contributed by atoms with Crippen molar-refractivity contribution in [2.24, 2.45) is 0 Å². The molecule has 4 nitrogen and oxygen atoms in total. The van der Waals surface area contributed by atoms with Gasteiger partial charge in [-0.1, -0.05) is 74.9 Å². The Hall–Kier alpha value is -2.62. The van der Waals surface area contributed by atoms with Gasteiger partial charge in [0.15, 0.2) is 0 Å². The number of carbonyl (C=O) groups excluding carboxylic acids is 2. The lowest BCUT2D eigenvalue weighted by atomic mass is 9.83. The second-order valence-electron chi connectivity index (χ2n) is 10.1. The van der Waals surface area contributed by atoms with Gasteiger partial charge in [-0.2, -0.15) is 0 Å². The van der Waals surface area contributed by atoms with E-state index in [-0.39, 0.29) is 11.8 Å². The van der Waals surface area contributed by atoms with Gasteiger partial charge in [0.1, 0.15) is 0 Å². The van der Waals surface area contributed by atoms with Gasteiger partial charge in [-0.15, -0.1) is 0 Å². The normalized spacial score (nSPS) is 17.3. The lowest BCUT2D eigenvalue weighted by Gasteiger charge is -2.24. The highest BCUT2D eigenvalue weighted by Gasteiger charge is 2.20. The van der Waals surface area contributed by atoms with Gasteiger partial charge in [0.2, 0.25) is 11.8 Å². The molecule has 2 aliphatic carbocycles. The van der Waals surface area contributed by atoms with E-state index in [1.807, 2.05) is 24.3 Å². The van der Waals surface area contributed by atoms with E-state index in [0.717, 1.165) is 24.2 Å². The van der Waals surface area contributed by atoms with E-state index in [2.05, 4.69) is 34.9 Å². The van der Waals surface area contributed by atoms with Crippen LogP contribution in [0.25, 0.3) is 0 Å². The van der Waals surface area contributed by atoms with Gasteiger partial charge in [0, 0.05) is 24.2 Å². The van der Waals surface area contributed by atoms with Crippen molar-refractivity contribution in [3.8, 4) is 0 Å². The molecule has 0 saturated heterocycles.